The molecule has 2 nitrogen and oxygen atoms in total. The van der Waals surface area contributed by atoms with Crippen LogP contribution in [0.15, 0.2) is 57.5 Å². The standard InChI is InChI=1S/C20H20Br2N2/c1-3-7-13(2)18-19(16-11-10-15(21)12-17(16)22)24-20(23-18)14-8-5-4-6-9-14/h4-6,8-13H,3,7H2,1-2H3,(H,23,24). The number of nitrogens with zero attached hydrogens (tertiary/aromatic N) is 1. The Hall–Kier alpha value is -1.39. The van der Waals surface area contributed by atoms with E-state index in [-0.39, 0.29) is 0 Å². The molecule has 3 aromatic rings. The third-order valence-corrected chi connectivity index (χ3v) is 5.33. The van der Waals surface area contributed by atoms with Crippen molar-refractivity contribution < 1.29 is 0 Å². The number of aromatic amines is 1. The van der Waals surface area contributed by atoms with E-state index in [1.54, 1.807) is 0 Å². The molecule has 4 heteroatoms. The lowest BCUT2D eigenvalue weighted by Crippen LogP contribution is -1.96. The van der Waals surface area contributed by atoms with Gasteiger partial charge in [0.25, 0.3) is 0 Å². The fourth-order valence-electron chi connectivity index (χ4n) is 2.94. The summed E-state index contributed by atoms with van der Waals surface area (Å²) in [7, 11) is 0. The molecule has 1 aromatic heterocycles. The van der Waals surface area contributed by atoms with Crippen molar-refractivity contribution in [2.45, 2.75) is 32.6 Å². The molecule has 0 aliphatic carbocycles. The summed E-state index contributed by atoms with van der Waals surface area (Å²) in [6.45, 7) is 4.49. The molecule has 1 heterocycles. The van der Waals surface area contributed by atoms with Crippen molar-refractivity contribution in [3.63, 3.8) is 0 Å². The quantitative estimate of drug-likeness (QED) is 0.441. The molecule has 3 rings (SSSR count). The molecule has 0 bridgehead atoms. The summed E-state index contributed by atoms with van der Waals surface area (Å²) in [6, 6.07) is 16.5. The molecule has 0 amide bonds. The second-order valence-corrected chi connectivity index (χ2v) is 7.80. The maximum Gasteiger partial charge on any atom is 0.138 e. The van der Waals surface area contributed by atoms with Gasteiger partial charge in [0.15, 0.2) is 0 Å². The molecule has 0 fully saturated rings. The Morgan fingerprint density at radius 2 is 1.83 bits per heavy atom. The molecule has 1 atom stereocenters. The topological polar surface area (TPSA) is 28.7 Å². The monoisotopic (exact) mass is 446 g/mol. The van der Waals surface area contributed by atoms with Crippen LogP contribution in [-0.2, 0) is 0 Å². The van der Waals surface area contributed by atoms with Gasteiger partial charge in [-0.25, -0.2) is 4.98 Å². The van der Waals surface area contributed by atoms with Gasteiger partial charge in [-0.15, -0.1) is 0 Å². The fourth-order valence-corrected chi connectivity index (χ4v) is 4.18. The number of nitrogens with one attached hydrogen (secondary N) is 1. The number of halogens is 2. The fraction of sp³-hybridized carbons (Fsp3) is 0.250. The van der Waals surface area contributed by atoms with E-state index < -0.39 is 0 Å². The van der Waals surface area contributed by atoms with Crippen LogP contribution in [0.25, 0.3) is 22.6 Å². The van der Waals surface area contributed by atoms with Gasteiger partial charge in [-0.3, -0.25) is 0 Å². The van der Waals surface area contributed by atoms with Crippen molar-refractivity contribution >= 4 is 31.9 Å². The number of hydrogen-bond acceptors (Lipinski definition) is 1. The molecule has 0 radical (unpaired) electrons. The Labute approximate surface area is 160 Å². The van der Waals surface area contributed by atoms with Crippen LogP contribution in [0.4, 0.5) is 0 Å². The third kappa shape index (κ3) is 3.65. The van der Waals surface area contributed by atoms with Crippen molar-refractivity contribution in [3.8, 4) is 22.6 Å². The highest BCUT2D eigenvalue weighted by molar-refractivity contribution is 9.11. The molecule has 124 valence electrons. The van der Waals surface area contributed by atoms with E-state index in [1.165, 1.54) is 5.69 Å². The minimum atomic E-state index is 0.436. The maximum atomic E-state index is 4.94. The Morgan fingerprint density at radius 1 is 1.08 bits per heavy atom. The lowest BCUT2D eigenvalue weighted by molar-refractivity contribution is 0.652. The first kappa shape index (κ1) is 17.4. The predicted octanol–water partition coefficient (Wildman–Crippen LogP) is 7.17. The molecule has 1 N–H and O–H groups in total. The molecule has 0 aliphatic rings. The van der Waals surface area contributed by atoms with E-state index in [9.17, 15) is 0 Å². The first-order chi connectivity index (χ1) is 11.6. The van der Waals surface area contributed by atoms with E-state index >= 15 is 0 Å². The molecule has 0 saturated heterocycles. The van der Waals surface area contributed by atoms with Gasteiger partial charge in [-0.05, 0) is 24.5 Å². The lowest BCUT2D eigenvalue weighted by Gasteiger charge is -2.11. The highest BCUT2D eigenvalue weighted by Crippen LogP contribution is 2.37. The molecule has 1 unspecified atom stereocenters. The van der Waals surface area contributed by atoms with Crippen molar-refractivity contribution in [1.82, 2.24) is 9.97 Å². The molecule has 24 heavy (non-hydrogen) atoms. The molecule has 2 aromatic carbocycles. The minimum absolute atomic E-state index is 0.436. The van der Waals surface area contributed by atoms with E-state index in [0.717, 1.165) is 44.4 Å². The minimum Gasteiger partial charge on any atom is -0.341 e. The Bertz CT molecular complexity index is 825. The lowest BCUT2D eigenvalue weighted by atomic mass is 9.98. The zero-order chi connectivity index (χ0) is 17.1. The predicted molar refractivity (Wildman–Crippen MR) is 108 cm³/mol. The van der Waals surface area contributed by atoms with Gasteiger partial charge in [0.05, 0.1) is 5.69 Å². The van der Waals surface area contributed by atoms with Crippen LogP contribution in [0.1, 0.15) is 38.3 Å². The van der Waals surface area contributed by atoms with Crippen molar-refractivity contribution in [3.05, 3.63) is 63.2 Å². The second kappa shape index (κ2) is 7.66. The Morgan fingerprint density at radius 3 is 2.50 bits per heavy atom. The average molecular weight is 448 g/mol. The summed E-state index contributed by atoms with van der Waals surface area (Å²) in [5.74, 6) is 1.36. The zero-order valence-corrected chi connectivity index (χ0v) is 17.0. The van der Waals surface area contributed by atoms with E-state index in [0.29, 0.717) is 5.92 Å². The van der Waals surface area contributed by atoms with Crippen LogP contribution in [0.5, 0.6) is 0 Å². The molecule has 0 saturated carbocycles. The molecular weight excluding hydrogens is 428 g/mol. The highest BCUT2D eigenvalue weighted by atomic mass is 79.9. The van der Waals surface area contributed by atoms with E-state index in [4.69, 9.17) is 4.98 Å². The first-order valence-electron chi connectivity index (χ1n) is 8.21. The van der Waals surface area contributed by atoms with Crippen LogP contribution in [0.2, 0.25) is 0 Å². The first-order valence-corrected chi connectivity index (χ1v) is 9.79. The summed E-state index contributed by atoms with van der Waals surface area (Å²) in [6.07, 6.45) is 2.29. The Balaban J connectivity index is 2.14. The van der Waals surface area contributed by atoms with Gasteiger partial charge < -0.3 is 4.98 Å². The number of rotatable bonds is 5. The number of hydrogen-bond donors (Lipinski definition) is 1. The van der Waals surface area contributed by atoms with Gasteiger partial charge in [0, 0.05) is 25.8 Å². The van der Waals surface area contributed by atoms with Gasteiger partial charge in [-0.1, -0.05) is 88.5 Å². The summed E-state index contributed by atoms with van der Waals surface area (Å²) >= 11 is 7.21. The van der Waals surface area contributed by atoms with E-state index in [2.05, 4.69) is 81.0 Å². The third-order valence-electron chi connectivity index (χ3n) is 4.18. The highest BCUT2D eigenvalue weighted by Gasteiger charge is 2.19. The van der Waals surface area contributed by atoms with Gasteiger partial charge in [0.2, 0.25) is 0 Å². The number of benzene rings is 2. The van der Waals surface area contributed by atoms with Crippen LogP contribution < -0.4 is 0 Å². The van der Waals surface area contributed by atoms with E-state index in [1.807, 2.05) is 18.2 Å². The summed E-state index contributed by atoms with van der Waals surface area (Å²) in [4.78, 5) is 8.52. The summed E-state index contributed by atoms with van der Waals surface area (Å²) < 4.78 is 2.10. The van der Waals surface area contributed by atoms with Crippen LogP contribution in [-0.4, -0.2) is 9.97 Å². The number of imidazole rings is 1. The number of aromatic nitrogens is 2. The van der Waals surface area contributed by atoms with Crippen molar-refractivity contribution in [2.75, 3.05) is 0 Å². The van der Waals surface area contributed by atoms with Gasteiger partial charge in [-0.2, -0.15) is 0 Å². The van der Waals surface area contributed by atoms with Crippen LogP contribution >= 0.6 is 31.9 Å². The number of H-pyrrole nitrogens is 1. The SMILES string of the molecule is CCCC(C)c1[nH]c(-c2ccccc2)nc1-c1ccc(Br)cc1Br. The zero-order valence-electron chi connectivity index (χ0n) is 13.8. The Kier molecular flexibility index (Phi) is 5.57. The molecule has 0 spiro atoms. The molecule has 0 aliphatic heterocycles. The largest absolute Gasteiger partial charge is 0.341 e. The second-order valence-electron chi connectivity index (χ2n) is 6.03. The summed E-state index contributed by atoms with van der Waals surface area (Å²) in [5, 5.41) is 0. The normalized spacial score (nSPS) is 12.3. The van der Waals surface area contributed by atoms with Gasteiger partial charge in [0.1, 0.15) is 5.82 Å². The van der Waals surface area contributed by atoms with Gasteiger partial charge >= 0.3 is 0 Å². The smallest absolute Gasteiger partial charge is 0.138 e. The average Bonchev–Trinajstić information content (AvgIpc) is 3.01. The van der Waals surface area contributed by atoms with Crippen molar-refractivity contribution in [2.24, 2.45) is 0 Å². The molecular formula is C20H20Br2N2. The summed E-state index contributed by atoms with van der Waals surface area (Å²) in [5.41, 5.74) is 4.48. The van der Waals surface area contributed by atoms with Crippen LogP contribution in [0.3, 0.4) is 0 Å². The maximum absolute atomic E-state index is 4.94. The van der Waals surface area contributed by atoms with Crippen LogP contribution in [0, 0.1) is 0 Å². The van der Waals surface area contributed by atoms with Crippen molar-refractivity contribution in [1.29, 1.82) is 0 Å².